The predicted octanol–water partition coefficient (Wildman–Crippen LogP) is 3.53. The Morgan fingerprint density at radius 1 is 0.950 bits per heavy atom. The number of rotatable bonds is 10. The van der Waals surface area contributed by atoms with Crippen molar-refractivity contribution in [2.45, 2.75) is 38.7 Å². The van der Waals surface area contributed by atoms with Crippen LogP contribution in [0.15, 0.2) is 18.2 Å². The van der Waals surface area contributed by atoms with Crippen molar-refractivity contribution in [1.29, 1.82) is 0 Å². The quantitative estimate of drug-likeness (QED) is 0.614. The van der Waals surface area contributed by atoms with Crippen molar-refractivity contribution < 1.29 is 18.9 Å². The third kappa shape index (κ3) is 5.02. The fraction of sp³-hybridized carbons (Fsp3) is 0.625. The summed E-state index contributed by atoms with van der Waals surface area (Å²) >= 11 is 0. The largest absolute Gasteiger partial charge is 0.454 e. The second-order valence-electron chi connectivity index (χ2n) is 5.00. The van der Waals surface area contributed by atoms with Crippen LogP contribution in [-0.2, 0) is 16.1 Å². The molecule has 0 aliphatic carbocycles. The highest BCUT2D eigenvalue weighted by Crippen LogP contribution is 2.32. The maximum atomic E-state index is 5.69. The first-order chi connectivity index (χ1) is 9.90. The fourth-order valence-corrected chi connectivity index (χ4v) is 2.20. The SMILES string of the molecule is COCCCCCCCOCc1ccc2c(c1)OCO2. The lowest BCUT2D eigenvalue weighted by molar-refractivity contribution is 0.116. The molecule has 1 aromatic rings. The number of hydrogen-bond donors (Lipinski definition) is 0. The molecule has 2 rings (SSSR count). The molecule has 0 saturated carbocycles. The lowest BCUT2D eigenvalue weighted by atomic mass is 10.1. The molecule has 0 radical (unpaired) electrons. The monoisotopic (exact) mass is 280 g/mol. The first-order valence-corrected chi connectivity index (χ1v) is 7.35. The summed E-state index contributed by atoms with van der Waals surface area (Å²) in [6.45, 7) is 2.66. The Labute approximate surface area is 121 Å². The predicted molar refractivity (Wildman–Crippen MR) is 77.2 cm³/mol. The zero-order valence-electron chi connectivity index (χ0n) is 12.2. The minimum Gasteiger partial charge on any atom is -0.454 e. The van der Waals surface area contributed by atoms with Gasteiger partial charge in [-0.25, -0.2) is 0 Å². The average molecular weight is 280 g/mol. The van der Waals surface area contributed by atoms with E-state index < -0.39 is 0 Å². The van der Waals surface area contributed by atoms with Crippen LogP contribution in [0, 0.1) is 0 Å². The molecule has 1 aromatic carbocycles. The maximum Gasteiger partial charge on any atom is 0.231 e. The van der Waals surface area contributed by atoms with E-state index in [9.17, 15) is 0 Å². The van der Waals surface area contributed by atoms with Crippen LogP contribution in [0.2, 0.25) is 0 Å². The first-order valence-electron chi connectivity index (χ1n) is 7.35. The second kappa shape index (κ2) is 8.82. The standard InChI is InChI=1S/C16H24O4/c1-17-9-5-3-2-4-6-10-18-12-14-7-8-15-16(11-14)20-13-19-15/h7-8,11H,2-6,9-10,12-13H2,1H3. The van der Waals surface area contributed by atoms with E-state index in [0.29, 0.717) is 13.4 Å². The van der Waals surface area contributed by atoms with E-state index in [2.05, 4.69) is 0 Å². The van der Waals surface area contributed by atoms with Crippen LogP contribution in [0.3, 0.4) is 0 Å². The highest BCUT2D eigenvalue weighted by Gasteiger charge is 2.12. The van der Waals surface area contributed by atoms with E-state index in [1.54, 1.807) is 7.11 Å². The maximum absolute atomic E-state index is 5.69. The van der Waals surface area contributed by atoms with Gasteiger partial charge in [0.15, 0.2) is 11.5 Å². The zero-order valence-corrected chi connectivity index (χ0v) is 12.2. The normalized spacial score (nSPS) is 12.8. The van der Waals surface area contributed by atoms with Gasteiger partial charge in [0.2, 0.25) is 6.79 Å². The zero-order chi connectivity index (χ0) is 14.0. The molecule has 1 heterocycles. The van der Waals surface area contributed by atoms with Gasteiger partial charge in [-0.2, -0.15) is 0 Å². The fourth-order valence-electron chi connectivity index (χ4n) is 2.20. The third-order valence-electron chi connectivity index (χ3n) is 3.34. The minimum atomic E-state index is 0.322. The smallest absolute Gasteiger partial charge is 0.231 e. The van der Waals surface area contributed by atoms with Gasteiger partial charge in [-0.1, -0.05) is 25.3 Å². The summed E-state index contributed by atoms with van der Waals surface area (Å²) in [6.07, 6.45) is 6.02. The highest BCUT2D eigenvalue weighted by molar-refractivity contribution is 5.44. The number of hydrogen-bond acceptors (Lipinski definition) is 4. The Morgan fingerprint density at radius 2 is 1.70 bits per heavy atom. The van der Waals surface area contributed by atoms with Gasteiger partial charge in [0.1, 0.15) is 0 Å². The van der Waals surface area contributed by atoms with Gasteiger partial charge in [-0.15, -0.1) is 0 Å². The minimum absolute atomic E-state index is 0.322. The molecule has 4 nitrogen and oxygen atoms in total. The van der Waals surface area contributed by atoms with Crippen molar-refractivity contribution in [3.63, 3.8) is 0 Å². The molecule has 0 fully saturated rings. The Hall–Kier alpha value is -1.26. The van der Waals surface area contributed by atoms with Gasteiger partial charge in [0, 0.05) is 20.3 Å². The topological polar surface area (TPSA) is 36.9 Å². The summed E-state index contributed by atoms with van der Waals surface area (Å²) in [6, 6.07) is 5.96. The lowest BCUT2D eigenvalue weighted by Gasteiger charge is -2.05. The van der Waals surface area contributed by atoms with E-state index >= 15 is 0 Å². The van der Waals surface area contributed by atoms with Gasteiger partial charge in [0.05, 0.1) is 6.61 Å². The van der Waals surface area contributed by atoms with Crippen molar-refractivity contribution in [3.05, 3.63) is 23.8 Å². The molecule has 0 saturated heterocycles. The van der Waals surface area contributed by atoms with Crippen molar-refractivity contribution in [2.75, 3.05) is 27.1 Å². The summed E-state index contributed by atoms with van der Waals surface area (Å²) in [5.41, 5.74) is 1.13. The van der Waals surface area contributed by atoms with Crippen molar-refractivity contribution >= 4 is 0 Å². The van der Waals surface area contributed by atoms with Gasteiger partial charge >= 0.3 is 0 Å². The van der Waals surface area contributed by atoms with Crippen LogP contribution in [-0.4, -0.2) is 27.1 Å². The molecular weight excluding hydrogens is 256 g/mol. The van der Waals surface area contributed by atoms with Crippen LogP contribution in [0.5, 0.6) is 11.5 Å². The van der Waals surface area contributed by atoms with Crippen LogP contribution in [0.25, 0.3) is 0 Å². The summed E-state index contributed by atoms with van der Waals surface area (Å²) in [7, 11) is 1.75. The van der Waals surface area contributed by atoms with Gasteiger partial charge in [-0.05, 0) is 30.5 Å². The molecule has 0 unspecified atom stereocenters. The Morgan fingerprint density at radius 3 is 2.55 bits per heavy atom. The van der Waals surface area contributed by atoms with Crippen molar-refractivity contribution in [2.24, 2.45) is 0 Å². The van der Waals surface area contributed by atoms with E-state index in [1.165, 1.54) is 19.3 Å². The molecule has 0 amide bonds. The lowest BCUT2D eigenvalue weighted by Crippen LogP contribution is -1.96. The molecule has 0 bridgehead atoms. The highest BCUT2D eigenvalue weighted by atomic mass is 16.7. The average Bonchev–Trinajstić information content (AvgIpc) is 2.93. The van der Waals surface area contributed by atoms with Crippen molar-refractivity contribution in [3.8, 4) is 11.5 Å². The van der Waals surface area contributed by atoms with E-state index in [-0.39, 0.29) is 0 Å². The summed E-state index contributed by atoms with van der Waals surface area (Å²) < 4.78 is 21.3. The Bertz CT molecular complexity index is 392. The summed E-state index contributed by atoms with van der Waals surface area (Å²) in [5.74, 6) is 1.65. The van der Waals surface area contributed by atoms with Crippen LogP contribution >= 0.6 is 0 Å². The second-order valence-corrected chi connectivity index (χ2v) is 5.00. The summed E-state index contributed by atoms with van der Waals surface area (Å²) in [4.78, 5) is 0. The van der Waals surface area contributed by atoms with Crippen molar-refractivity contribution in [1.82, 2.24) is 0 Å². The molecular formula is C16H24O4. The molecule has 4 heteroatoms. The number of ether oxygens (including phenoxy) is 4. The summed E-state index contributed by atoms with van der Waals surface area (Å²) in [5, 5.41) is 0. The van der Waals surface area contributed by atoms with Crippen LogP contribution < -0.4 is 9.47 Å². The van der Waals surface area contributed by atoms with E-state index in [0.717, 1.165) is 43.1 Å². The third-order valence-corrected chi connectivity index (χ3v) is 3.34. The van der Waals surface area contributed by atoms with Gasteiger partial charge < -0.3 is 18.9 Å². The number of benzene rings is 1. The molecule has 20 heavy (non-hydrogen) atoms. The molecule has 0 atom stereocenters. The van der Waals surface area contributed by atoms with E-state index in [4.69, 9.17) is 18.9 Å². The number of fused-ring (bicyclic) bond motifs is 1. The number of unbranched alkanes of at least 4 members (excludes halogenated alkanes) is 4. The molecule has 1 aliphatic rings. The Kier molecular flexibility index (Phi) is 6.68. The molecule has 0 spiro atoms. The molecule has 112 valence electrons. The van der Waals surface area contributed by atoms with Crippen LogP contribution in [0.4, 0.5) is 0 Å². The number of methoxy groups -OCH3 is 1. The van der Waals surface area contributed by atoms with Gasteiger partial charge in [0.25, 0.3) is 0 Å². The van der Waals surface area contributed by atoms with Gasteiger partial charge in [-0.3, -0.25) is 0 Å². The molecule has 0 aromatic heterocycles. The Balaban J connectivity index is 1.51. The van der Waals surface area contributed by atoms with E-state index in [1.807, 2.05) is 18.2 Å². The molecule has 1 aliphatic heterocycles. The molecule has 0 N–H and O–H groups in total. The first kappa shape index (κ1) is 15.1. The van der Waals surface area contributed by atoms with Crippen LogP contribution in [0.1, 0.15) is 37.7 Å².